The number of fused-ring (bicyclic) bond motifs is 2. The Morgan fingerprint density at radius 3 is 2.78 bits per heavy atom. The summed E-state index contributed by atoms with van der Waals surface area (Å²) in [7, 11) is 1.59. The standard InChI is InChI=1S/C37H35N3O5S/c1-23(26-7-3-4-8-29(26)43-2)34(41)40-21-32-36(25-9-10-30-31(18-25)45-16-15-44-30)13-11-28(27-12-17-46-33(27)36)37(32,22-40)35(42)39-20-24-6-5-14-38-19-24/h3-10,12,14,17-19,28,32H,1,11,13,15-16,20-22H2,2H3,(H,39,42)/t28-,32?,36+,37+/m1/s1. The molecule has 3 aliphatic carbocycles. The molecule has 1 saturated carbocycles. The Kier molecular flexibility index (Phi) is 6.90. The maximum atomic E-state index is 14.9. The average Bonchev–Trinajstić information content (AvgIpc) is 3.79. The number of nitrogens with one attached hydrogen (secondary N) is 1. The SMILES string of the molecule is C=C(C(=O)N1CC2[C@@]3(c4ccc5c(c4)OCCO5)CC[C@H](c4ccsc43)[C@@]2(C(=O)NCc2cccnc2)C1)c1ccccc1OC. The van der Waals surface area contributed by atoms with Gasteiger partial charge < -0.3 is 24.4 Å². The molecule has 4 heterocycles. The third-order valence-electron chi connectivity index (χ3n) is 10.6. The van der Waals surface area contributed by atoms with Gasteiger partial charge in [0.1, 0.15) is 19.0 Å². The molecule has 4 aromatic rings. The van der Waals surface area contributed by atoms with Crippen LogP contribution in [0.4, 0.5) is 0 Å². The number of methoxy groups -OCH3 is 1. The fourth-order valence-electron chi connectivity index (χ4n) is 8.68. The van der Waals surface area contributed by atoms with Crippen LogP contribution in [0.15, 0.2) is 85.0 Å². The molecular weight excluding hydrogens is 598 g/mol. The average molecular weight is 634 g/mol. The van der Waals surface area contributed by atoms with Gasteiger partial charge in [0.05, 0.1) is 12.5 Å². The second kappa shape index (κ2) is 11.0. The normalized spacial score (nSPS) is 25.4. The Labute approximate surface area is 272 Å². The van der Waals surface area contributed by atoms with Crippen LogP contribution in [0, 0.1) is 11.3 Å². The van der Waals surface area contributed by atoms with Gasteiger partial charge in [-0.05, 0) is 65.2 Å². The minimum atomic E-state index is -0.849. The zero-order valence-corrected chi connectivity index (χ0v) is 26.5. The highest BCUT2D eigenvalue weighted by atomic mass is 32.1. The van der Waals surface area contributed by atoms with Crippen LogP contribution in [0.3, 0.4) is 0 Å². The summed E-state index contributed by atoms with van der Waals surface area (Å²) in [6.45, 7) is 6.34. The Morgan fingerprint density at radius 2 is 1.96 bits per heavy atom. The molecule has 2 aromatic heterocycles. The second-order valence-electron chi connectivity index (χ2n) is 12.6. The van der Waals surface area contributed by atoms with E-state index in [9.17, 15) is 9.59 Å². The smallest absolute Gasteiger partial charge is 0.254 e. The van der Waals surface area contributed by atoms with Crippen molar-refractivity contribution in [2.45, 2.75) is 30.7 Å². The Hall–Kier alpha value is -4.63. The molecule has 2 fully saturated rings. The number of hydrogen-bond donors (Lipinski definition) is 1. The van der Waals surface area contributed by atoms with Crippen molar-refractivity contribution in [3.05, 3.63) is 112 Å². The maximum absolute atomic E-state index is 14.9. The monoisotopic (exact) mass is 633 g/mol. The van der Waals surface area contributed by atoms with Gasteiger partial charge in [0.15, 0.2) is 11.5 Å². The fraction of sp³-hybridized carbons (Fsp3) is 0.324. The van der Waals surface area contributed by atoms with E-state index in [1.807, 2.05) is 47.4 Å². The predicted molar refractivity (Wildman–Crippen MR) is 175 cm³/mol. The second-order valence-corrected chi connectivity index (χ2v) is 13.5. The lowest BCUT2D eigenvalue weighted by molar-refractivity contribution is -0.139. The van der Waals surface area contributed by atoms with Gasteiger partial charge in [-0.25, -0.2) is 0 Å². The van der Waals surface area contributed by atoms with Gasteiger partial charge in [-0.3, -0.25) is 14.6 Å². The van der Waals surface area contributed by atoms with Crippen LogP contribution < -0.4 is 19.5 Å². The molecular formula is C37H35N3O5S. The van der Waals surface area contributed by atoms with Gasteiger partial charge in [0.25, 0.3) is 5.91 Å². The Balaban J connectivity index is 1.25. The quantitative estimate of drug-likeness (QED) is 0.268. The highest BCUT2D eigenvalue weighted by Gasteiger charge is 2.71. The van der Waals surface area contributed by atoms with Gasteiger partial charge >= 0.3 is 0 Å². The first-order chi connectivity index (χ1) is 22.5. The molecule has 9 rings (SSSR count). The summed E-state index contributed by atoms with van der Waals surface area (Å²) >= 11 is 1.76. The molecule has 234 valence electrons. The number of nitrogens with zero attached hydrogens (tertiary/aromatic N) is 2. The van der Waals surface area contributed by atoms with Crippen molar-refractivity contribution in [1.29, 1.82) is 0 Å². The van der Waals surface area contributed by atoms with Crippen LogP contribution >= 0.6 is 11.3 Å². The topological polar surface area (TPSA) is 90.0 Å². The van der Waals surface area contributed by atoms with Crippen LogP contribution in [-0.4, -0.2) is 55.1 Å². The molecule has 8 nitrogen and oxygen atoms in total. The molecule has 1 unspecified atom stereocenters. The number of benzene rings is 2. The number of carbonyl (C=O) groups excluding carboxylic acids is 2. The third-order valence-corrected chi connectivity index (χ3v) is 11.7. The minimum Gasteiger partial charge on any atom is -0.496 e. The molecule has 1 saturated heterocycles. The molecule has 4 atom stereocenters. The summed E-state index contributed by atoms with van der Waals surface area (Å²) < 4.78 is 17.5. The van der Waals surface area contributed by atoms with Crippen molar-refractivity contribution < 1.29 is 23.8 Å². The number of amides is 2. The van der Waals surface area contributed by atoms with E-state index in [4.69, 9.17) is 14.2 Å². The first-order valence-electron chi connectivity index (χ1n) is 15.7. The number of ether oxygens (including phenoxy) is 3. The zero-order chi connectivity index (χ0) is 31.5. The summed E-state index contributed by atoms with van der Waals surface area (Å²) in [6, 6.07) is 19.7. The van der Waals surface area contributed by atoms with Gasteiger partial charge in [0.2, 0.25) is 5.91 Å². The molecule has 9 heteroatoms. The number of thiophene rings is 1. The number of rotatable bonds is 7. The molecule has 2 bridgehead atoms. The van der Waals surface area contributed by atoms with Crippen LogP contribution in [-0.2, 0) is 21.5 Å². The number of likely N-dealkylation sites (tertiary alicyclic amines) is 1. The van der Waals surface area contributed by atoms with Crippen molar-refractivity contribution in [2.75, 3.05) is 33.4 Å². The maximum Gasteiger partial charge on any atom is 0.254 e. The molecule has 5 aliphatic rings. The minimum absolute atomic E-state index is 0.0240. The number of carbonyl (C=O) groups is 2. The van der Waals surface area contributed by atoms with Gasteiger partial charge in [-0.1, -0.05) is 36.9 Å². The summed E-state index contributed by atoms with van der Waals surface area (Å²) in [5.41, 5.74) is 2.93. The van der Waals surface area contributed by atoms with Crippen molar-refractivity contribution in [1.82, 2.24) is 15.2 Å². The molecule has 2 aromatic carbocycles. The van der Waals surface area contributed by atoms with Crippen molar-refractivity contribution in [2.24, 2.45) is 11.3 Å². The van der Waals surface area contributed by atoms with Gasteiger partial charge in [-0.15, -0.1) is 11.3 Å². The highest BCUT2D eigenvalue weighted by Crippen LogP contribution is 2.70. The van der Waals surface area contributed by atoms with Crippen LogP contribution in [0.2, 0.25) is 0 Å². The summed E-state index contributed by atoms with van der Waals surface area (Å²) in [5, 5.41) is 5.45. The number of aromatic nitrogens is 1. The number of para-hydroxylation sites is 1. The highest BCUT2D eigenvalue weighted by molar-refractivity contribution is 7.10. The van der Waals surface area contributed by atoms with Crippen molar-refractivity contribution in [3.63, 3.8) is 0 Å². The lowest BCUT2D eigenvalue weighted by Gasteiger charge is -2.59. The van der Waals surface area contributed by atoms with Crippen LogP contribution in [0.25, 0.3) is 5.57 Å². The zero-order valence-electron chi connectivity index (χ0n) is 25.7. The van der Waals surface area contributed by atoms with E-state index in [0.29, 0.717) is 49.7 Å². The number of hydrogen-bond acceptors (Lipinski definition) is 7. The molecule has 1 N–H and O–H groups in total. The summed E-state index contributed by atoms with van der Waals surface area (Å²) in [5.74, 6) is 1.66. The van der Waals surface area contributed by atoms with E-state index in [0.717, 1.165) is 35.5 Å². The molecule has 46 heavy (non-hydrogen) atoms. The van der Waals surface area contributed by atoms with E-state index in [1.54, 1.807) is 30.8 Å². The molecule has 0 radical (unpaired) electrons. The lowest BCUT2D eigenvalue weighted by atomic mass is 9.43. The lowest BCUT2D eigenvalue weighted by Crippen LogP contribution is -2.62. The van der Waals surface area contributed by atoms with E-state index >= 15 is 0 Å². The molecule has 2 aliphatic heterocycles. The summed E-state index contributed by atoms with van der Waals surface area (Å²) in [6.07, 6.45) is 5.22. The first kappa shape index (κ1) is 28.8. The van der Waals surface area contributed by atoms with Crippen LogP contribution in [0.5, 0.6) is 17.2 Å². The van der Waals surface area contributed by atoms with Crippen molar-refractivity contribution in [3.8, 4) is 17.2 Å². The van der Waals surface area contributed by atoms with Gasteiger partial charge in [-0.2, -0.15) is 0 Å². The van der Waals surface area contributed by atoms with E-state index < -0.39 is 10.8 Å². The first-order valence-corrected chi connectivity index (χ1v) is 16.6. The van der Waals surface area contributed by atoms with Crippen molar-refractivity contribution >= 4 is 28.7 Å². The van der Waals surface area contributed by atoms with E-state index in [2.05, 4.69) is 40.5 Å². The predicted octanol–water partition coefficient (Wildman–Crippen LogP) is 5.57. The number of pyridine rings is 1. The third kappa shape index (κ3) is 4.14. The van der Waals surface area contributed by atoms with Crippen LogP contribution in [0.1, 0.15) is 45.9 Å². The fourth-order valence-corrected chi connectivity index (χ4v) is 9.95. The molecule has 2 amide bonds. The van der Waals surface area contributed by atoms with Gasteiger partial charge in [0, 0.05) is 65.3 Å². The molecule has 0 spiro atoms. The largest absolute Gasteiger partial charge is 0.496 e. The Bertz CT molecular complexity index is 1860. The summed E-state index contributed by atoms with van der Waals surface area (Å²) in [4.78, 5) is 36.6. The Morgan fingerprint density at radius 1 is 1.11 bits per heavy atom. The van der Waals surface area contributed by atoms with E-state index in [-0.39, 0.29) is 23.7 Å². The van der Waals surface area contributed by atoms with E-state index in [1.165, 1.54) is 10.4 Å².